The molecule has 3 heteroatoms. The van der Waals surface area contributed by atoms with Crippen molar-refractivity contribution in [2.45, 2.75) is 26.2 Å². The normalized spacial score (nSPS) is 11.8. The minimum absolute atomic E-state index is 0.0893. The van der Waals surface area contributed by atoms with Crippen LogP contribution in [0.2, 0.25) is 5.02 Å². The Bertz CT molecular complexity index is 302. The third-order valence-electron chi connectivity index (χ3n) is 1.91. The van der Waals surface area contributed by atoms with Crippen molar-refractivity contribution < 1.29 is 8.78 Å². The summed E-state index contributed by atoms with van der Waals surface area (Å²) in [4.78, 5) is 0. The molecule has 0 fully saturated rings. The number of halogens is 3. The summed E-state index contributed by atoms with van der Waals surface area (Å²) >= 11 is 5.66. The number of hydrogen-bond donors (Lipinski definition) is 0. The van der Waals surface area contributed by atoms with Gasteiger partial charge in [0.25, 0.3) is 5.92 Å². The lowest BCUT2D eigenvalue weighted by Gasteiger charge is -2.13. The maximum absolute atomic E-state index is 12.9. The van der Waals surface area contributed by atoms with Crippen LogP contribution in [0, 0.1) is 0 Å². The molecule has 0 spiro atoms. The fourth-order valence-electron chi connectivity index (χ4n) is 1.13. The van der Waals surface area contributed by atoms with E-state index in [1.807, 2.05) is 6.92 Å². The predicted molar refractivity (Wildman–Crippen MR) is 50.4 cm³/mol. The molecule has 0 aliphatic heterocycles. The van der Waals surface area contributed by atoms with Crippen molar-refractivity contribution >= 4 is 11.6 Å². The first-order valence-electron chi connectivity index (χ1n) is 4.12. The van der Waals surface area contributed by atoms with Gasteiger partial charge in [0, 0.05) is 17.5 Å². The van der Waals surface area contributed by atoms with E-state index in [0.29, 0.717) is 0 Å². The SMILES string of the molecule is CCc1ccc(Cl)c(C(C)(F)F)c1. The summed E-state index contributed by atoms with van der Waals surface area (Å²) in [6, 6.07) is 4.74. The molecule has 0 N–H and O–H groups in total. The zero-order valence-corrected chi connectivity index (χ0v) is 8.33. The van der Waals surface area contributed by atoms with Crippen LogP contribution in [0.4, 0.5) is 8.78 Å². The third kappa shape index (κ3) is 2.41. The average Bonchev–Trinajstić information content (AvgIpc) is 2.03. The monoisotopic (exact) mass is 204 g/mol. The van der Waals surface area contributed by atoms with Crippen LogP contribution in [0.3, 0.4) is 0 Å². The first-order valence-corrected chi connectivity index (χ1v) is 4.49. The van der Waals surface area contributed by atoms with E-state index in [1.165, 1.54) is 12.1 Å². The van der Waals surface area contributed by atoms with Crippen molar-refractivity contribution in [2.24, 2.45) is 0 Å². The van der Waals surface area contributed by atoms with Gasteiger partial charge in [0.15, 0.2) is 0 Å². The standard InChI is InChI=1S/C10H11ClF2/c1-3-7-4-5-9(11)8(6-7)10(2,12)13/h4-6H,3H2,1-2H3. The summed E-state index contributed by atoms with van der Waals surface area (Å²) in [5.74, 6) is -2.86. The summed E-state index contributed by atoms with van der Waals surface area (Å²) in [6.07, 6.45) is 0.736. The van der Waals surface area contributed by atoms with Crippen LogP contribution in [0.25, 0.3) is 0 Å². The van der Waals surface area contributed by atoms with Crippen molar-refractivity contribution in [1.29, 1.82) is 0 Å². The first-order chi connectivity index (χ1) is 5.95. The van der Waals surface area contributed by atoms with E-state index < -0.39 is 5.92 Å². The van der Waals surface area contributed by atoms with Gasteiger partial charge in [-0.2, -0.15) is 0 Å². The Kier molecular flexibility index (Phi) is 2.91. The van der Waals surface area contributed by atoms with Crippen LogP contribution in [0.5, 0.6) is 0 Å². The molecule has 0 heterocycles. The van der Waals surface area contributed by atoms with Crippen molar-refractivity contribution in [1.82, 2.24) is 0 Å². The molecule has 1 aromatic carbocycles. The van der Waals surface area contributed by atoms with Crippen LogP contribution in [-0.4, -0.2) is 0 Å². The number of hydrogen-bond acceptors (Lipinski definition) is 0. The maximum Gasteiger partial charge on any atom is 0.271 e. The summed E-state index contributed by atoms with van der Waals surface area (Å²) in [7, 11) is 0. The molecule has 0 aromatic heterocycles. The van der Waals surface area contributed by atoms with Gasteiger partial charge in [-0.05, 0) is 24.1 Å². The summed E-state index contributed by atoms with van der Waals surface area (Å²) in [5.41, 5.74) is 0.787. The van der Waals surface area contributed by atoms with Crippen molar-refractivity contribution in [2.75, 3.05) is 0 Å². The van der Waals surface area contributed by atoms with Gasteiger partial charge in [0.2, 0.25) is 0 Å². The molecule has 0 aliphatic rings. The summed E-state index contributed by atoms with van der Waals surface area (Å²) in [5, 5.41) is 0.129. The lowest BCUT2D eigenvalue weighted by Crippen LogP contribution is -2.08. The highest BCUT2D eigenvalue weighted by Crippen LogP contribution is 2.33. The lowest BCUT2D eigenvalue weighted by molar-refractivity contribution is 0.0175. The first kappa shape index (κ1) is 10.5. The molecule has 72 valence electrons. The van der Waals surface area contributed by atoms with Gasteiger partial charge in [-0.1, -0.05) is 24.6 Å². The van der Waals surface area contributed by atoms with Gasteiger partial charge in [-0.3, -0.25) is 0 Å². The van der Waals surface area contributed by atoms with E-state index in [4.69, 9.17) is 11.6 Å². The smallest absolute Gasteiger partial charge is 0.202 e. The van der Waals surface area contributed by atoms with Gasteiger partial charge in [0.05, 0.1) is 0 Å². The highest BCUT2D eigenvalue weighted by atomic mass is 35.5. The van der Waals surface area contributed by atoms with E-state index in [1.54, 1.807) is 6.07 Å². The van der Waals surface area contributed by atoms with Crippen LogP contribution in [0.1, 0.15) is 25.0 Å². The molecule has 13 heavy (non-hydrogen) atoms. The zero-order chi connectivity index (χ0) is 10.1. The Morgan fingerprint density at radius 1 is 1.38 bits per heavy atom. The molecule has 0 aliphatic carbocycles. The number of rotatable bonds is 2. The quantitative estimate of drug-likeness (QED) is 0.683. The predicted octanol–water partition coefficient (Wildman–Crippen LogP) is 4.01. The topological polar surface area (TPSA) is 0 Å². The highest BCUT2D eigenvalue weighted by molar-refractivity contribution is 6.31. The average molecular weight is 205 g/mol. The van der Waals surface area contributed by atoms with Crippen LogP contribution < -0.4 is 0 Å². The van der Waals surface area contributed by atoms with Crippen molar-refractivity contribution in [3.8, 4) is 0 Å². The second-order valence-corrected chi connectivity index (χ2v) is 3.46. The molecule has 0 amide bonds. The van der Waals surface area contributed by atoms with E-state index in [9.17, 15) is 8.78 Å². The molecule has 0 saturated carbocycles. The second kappa shape index (κ2) is 3.62. The Morgan fingerprint density at radius 3 is 2.46 bits per heavy atom. The maximum atomic E-state index is 12.9. The molecule has 0 unspecified atom stereocenters. The van der Waals surface area contributed by atoms with Crippen LogP contribution in [-0.2, 0) is 12.3 Å². The largest absolute Gasteiger partial charge is 0.271 e. The highest BCUT2D eigenvalue weighted by Gasteiger charge is 2.27. The second-order valence-electron chi connectivity index (χ2n) is 3.06. The molecule has 1 aromatic rings. The van der Waals surface area contributed by atoms with E-state index >= 15 is 0 Å². The van der Waals surface area contributed by atoms with E-state index in [2.05, 4.69) is 0 Å². The number of benzene rings is 1. The Balaban J connectivity index is 3.19. The molecular formula is C10H11ClF2. The zero-order valence-electron chi connectivity index (χ0n) is 7.57. The number of aryl methyl sites for hydroxylation is 1. The molecule has 1 rings (SSSR count). The van der Waals surface area contributed by atoms with Crippen LogP contribution >= 0.6 is 11.6 Å². The van der Waals surface area contributed by atoms with E-state index in [0.717, 1.165) is 18.9 Å². The van der Waals surface area contributed by atoms with Crippen LogP contribution in [0.15, 0.2) is 18.2 Å². The minimum atomic E-state index is -2.86. The Labute approximate surface area is 81.5 Å². The van der Waals surface area contributed by atoms with Gasteiger partial charge in [-0.25, -0.2) is 8.78 Å². The fourth-order valence-corrected chi connectivity index (χ4v) is 1.41. The van der Waals surface area contributed by atoms with Gasteiger partial charge in [0.1, 0.15) is 0 Å². The third-order valence-corrected chi connectivity index (χ3v) is 2.24. The minimum Gasteiger partial charge on any atom is -0.202 e. The molecule has 0 bridgehead atoms. The molecule has 0 radical (unpaired) electrons. The molecule has 0 saturated heterocycles. The van der Waals surface area contributed by atoms with Crippen molar-refractivity contribution in [3.05, 3.63) is 34.3 Å². The Morgan fingerprint density at radius 2 is 2.00 bits per heavy atom. The van der Waals surface area contributed by atoms with Gasteiger partial charge < -0.3 is 0 Å². The van der Waals surface area contributed by atoms with Gasteiger partial charge in [-0.15, -0.1) is 0 Å². The molecule has 0 nitrogen and oxygen atoms in total. The van der Waals surface area contributed by atoms with E-state index in [-0.39, 0.29) is 10.6 Å². The Hall–Kier alpha value is -0.630. The number of alkyl halides is 2. The summed E-state index contributed by atoms with van der Waals surface area (Å²) in [6.45, 7) is 2.77. The lowest BCUT2D eigenvalue weighted by atomic mass is 10.0. The fraction of sp³-hybridized carbons (Fsp3) is 0.400. The molecular weight excluding hydrogens is 194 g/mol. The van der Waals surface area contributed by atoms with Gasteiger partial charge >= 0.3 is 0 Å². The molecule has 0 atom stereocenters. The summed E-state index contributed by atoms with van der Waals surface area (Å²) < 4.78 is 25.9. The van der Waals surface area contributed by atoms with Crippen molar-refractivity contribution in [3.63, 3.8) is 0 Å².